The molecule has 0 aliphatic heterocycles. The van der Waals surface area contributed by atoms with E-state index in [0.29, 0.717) is 16.9 Å². The van der Waals surface area contributed by atoms with E-state index in [4.69, 9.17) is 5.26 Å². The third kappa shape index (κ3) is 2.38. The number of carbonyl (C=O) groups is 1. The van der Waals surface area contributed by atoms with Crippen LogP contribution in [-0.2, 0) is 6.42 Å². The number of aryl methyl sites for hydroxylation is 1. The van der Waals surface area contributed by atoms with Crippen LogP contribution in [0.4, 0.5) is 5.82 Å². The molecule has 0 unspecified atom stereocenters. The summed E-state index contributed by atoms with van der Waals surface area (Å²) in [6.07, 6.45) is 2.48. The van der Waals surface area contributed by atoms with E-state index in [1.54, 1.807) is 30.5 Å². The van der Waals surface area contributed by atoms with Crippen molar-refractivity contribution in [1.82, 2.24) is 10.2 Å². The highest BCUT2D eigenvalue weighted by molar-refractivity contribution is 6.04. The number of hydrogen-bond acceptors (Lipinski definition) is 3. The van der Waals surface area contributed by atoms with Gasteiger partial charge in [0.2, 0.25) is 0 Å². The van der Waals surface area contributed by atoms with Gasteiger partial charge in [-0.15, -0.1) is 0 Å². The zero-order valence-corrected chi connectivity index (χ0v) is 9.90. The summed E-state index contributed by atoms with van der Waals surface area (Å²) in [5.74, 6) is 0.394. The second-order valence-electron chi connectivity index (χ2n) is 3.77. The van der Waals surface area contributed by atoms with Gasteiger partial charge < -0.3 is 5.32 Å². The Labute approximate surface area is 104 Å². The Hall–Kier alpha value is -2.61. The molecule has 1 aromatic carbocycles. The molecule has 1 aromatic heterocycles. The number of carbonyl (C=O) groups excluding carboxylic acids is 1. The van der Waals surface area contributed by atoms with Crippen LogP contribution in [-0.4, -0.2) is 16.1 Å². The molecule has 1 heterocycles. The van der Waals surface area contributed by atoms with Crippen molar-refractivity contribution in [3.63, 3.8) is 0 Å². The average molecular weight is 240 g/mol. The van der Waals surface area contributed by atoms with E-state index in [2.05, 4.69) is 15.5 Å². The summed E-state index contributed by atoms with van der Waals surface area (Å²) >= 11 is 0. The number of nitrogens with zero attached hydrogens (tertiary/aromatic N) is 2. The van der Waals surface area contributed by atoms with Crippen LogP contribution in [0, 0.1) is 11.3 Å². The Bertz CT molecular complexity index is 592. The van der Waals surface area contributed by atoms with Crippen molar-refractivity contribution in [1.29, 1.82) is 5.26 Å². The molecule has 2 aromatic rings. The average Bonchev–Trinajstić information content (AvgIpc) is 2.86. The first-order valence-electron chi connectivity index (χ1n) is 5.58. The number of nitriles is 1. The maximum atomic E-state index is 11.9. The quantitative estimate of drug-likeness (QED) is 0.861. The first-order valence-corrected chi connectivity index (χ1v) is 5.58. The largest absolute Gasteiger partial charge is 0.307 e. The number of amides is 1. The zero-order valence-electron chi connectivity index (χ0n) is 9.90. The number of aromatic amines is 1. The molecule has 0 aliphatic rings. The lowest BCUT2D eigenvalue weighted by Crippen LogP contribution is -2.13. The van der Waals surface area contributed by atoms with Crippen LogP contribution in [0.2, 0.25) is 0 Å². The first-order chi connectivity index (χ1) is 8.74. The Kier molecular flexibility index (Phi) is 3.39. The number of nitrogens with one attached hydrogen (secondary N) is 2. The van der Waals surface area contributed by atoms with Crippen LogP contribution >= 0.6 is 0 Å². The number of H-pyrrole nitrogens is 1. The molecule has 18 heavy (non-hydrogen) atoms. The van der Waals surface area contributed by atoms with Crippen molar-refractivity contribution in [2.45, 2.75) is 13.3 Å². The van der Waals surface area contributed by atoms with Crippen LogP contribution in [0.25, 0.3) is 0 Å². The molecule has 5 heteroatoms. The smallest absolute Gasteiger partial charge is 0.256 e. The van der Waals surface area contributed by atoms with Gasteiger partial charge in [-0.2, -0.15) is 10.4 Å². The first kappa shape index (κ1) is 11.9. The molecule has 0 saturated carbocycles. The maximum absolute atomic E-state index is 11.9. The fourth-order valence-electron chi connectivity index (χ4n) is 1.57. The highest BCUT2D eigenvalue weighted by Crippen LogP contribution is 2.13. The molecule has 0 fully saturated rings. The molecule has 0 aliphatic carbocycles. The van der Waals surface area contributed by atoms with E-state index in [-0.39, 0.29) is 5.91 Å². The van der Waals surface area contributed by atoms with Crippen molar-refractivity contribution in [2.75, 3.05) is 5.32 Å². The van der Waals surface area contributed by atoms with Crippen LogP contribution < -0.4 is 5.32 Å². The van der Waals surface area contributed by atoms with Crippen molar-refractivity contribution in [2.24, 2.45) is 0 Å². The Morgan fingerprint density at radius 3 is 2.78 bits per heavy atom. The lowest BCUT2D eigenvalue weighted by Gasteiger charge is -2.04. The van der Waals surface area contributed by atoms with Crippen molar-refractivity contribution in [3.8, 4) is 6.07 Å². The molecule has 2 rings (SSSR count). The zero-order chi connectivity index (χ0) is 13.0. The molecular formula is C13H12N4O. The van der Waals surface area contributed by atoms with Gasteiger partial charge in [-0.25, -0.2) is 0 Å². The molecular weight excluding hydrogens is 228 g/mol. The minimum atomic E-state index is -0.224. The number of rotatable bonds is 3. The third-order valence-corrected chi connectivity index (χ3v) is 2.61. The fourth-order valence-corrected chi connectivity index (χ4v) is 1.57. The van der Waals surface area contributed by atoms with Gasteiger partial charge in [-0.1, -0.05) is 6.92 Å². The highest BCUT2D eigenvalue weighted by atomic mass is 16.1. The van der Waals surface area contributed by atoms with Gasteiger partial charge in [0.05, 0.1) is 17.8 Å². The maximum Gasteiger partial charge on any atom is 0.256 e. The molecule has 2 N–H and O–H groups in total. The lowest BCUT2D eigenvalue weighted by atomic mass is 10.1. The van der Waals surface area contributed by atoms with E-state index in [1.807, 2.05) is 13.0 Å². The third-order valence-electron chi connectivity index (χ3n) is 2.61. The number of aromatic nitrogens is 2. The van der Waals surface area contributed by atoms with E-state index in [9.17, 15) is 4.79 Å². The Balaban J connectivity index is 2.14. The summed E-state index contributed by atoms with van der Waals surface area (Å²) in [4.78, 5) is 11.9. The van der Waals surface area contributed by atoms with Crippen LogP contribution in [0.3, 0.4) is 0 Å². The summed E-state index contributed by atoms with van der Waals surface area (Å²) in [5, 5.41) is 18.1. The minimum absolute atomic E-state index is 0.224. The Morgan fingerprint density at radius 2 is 2.17 bits per heavy atom. The van der Waals surface area contributed by atoms with Crippen molar-refractivity contribution < 1.29 is 4.79 Å². The van der Waals surface area contributed by atoms with Gasteiger partial charge in [0.15, 0.2) is 0 Å². The molecule has 0 atom stereocenters. The summed E-state index contributed by atoms with van der Waals surface area (Å²) < 4.78 is 0. The summed E-state index contributed by atoms with van der Waals surface area (Å²) in [6, 6.07) is 8.48. The van der Waals surface area contributed by atoms with Crippen molar-refractivity contribution in [3.05, 3.63) is 47.2 Å². The predicted molar refractivity (Wildman–Crippen MR) is 67.1 cm³/mol. The molecule has 5 nitrogen and oxygen atoms in total. The molecule has 0 saturated heterocycles. The van der Waals surface area contributed by atoms with Gasteiger partial charge in [-0.05, 0) is 30.7 Å². The SMILES string of the molecule is CCc1cn[nH]c1NC(=O)c1ccc(C#N)cc1. The van der Waals surface area contributed by atoms with Crippen LogP contribution in [0.15, 0.2) is 30.5 Å². The monoisotopic (exact) mass is 240 g/mol. The molecule has 0 bridgehead atoms. The molecule has 0 spiro atoms. The number of anilines is 1. The molecule has 90 valence electrons. The highest BCUT2D eigenvalue weighted by Gasteiger charge is 2.09. The topological polar surface area (TPSA) is 81.6 Å². The van der Waals surface area contributed by atoms with Crippen LogP contribution in [0.5, 0.6) is 0 Å². The van der Waals surface area contributed by atoms with Gasteiger partial charge in [0, 0.05) is 11.1 Å². The number of benzene rings is 1. The van der Waals surface area contributed by atoms with Gasteiger partial charge in [0.25, 0.3) is 5.91 Å². The van der Waals surface area contributed by atoms with Crippen LogP contribution in [0.1, 0.15) is 28.4 Å². The lowest BCUT2D eigenvalue weighted by molar-refractivity contribution is 0.102. The predicted octanol–water partition coefficient (Wildman–Crippen LogP) is 2.10. The van der Waals surface area contributed by atoms with Crippen molar-refractivity contribution >= 4 is 11.7 Å². The van der Waals surface area contributed by atoms with Gasteiger partial charge in [-0.3, -0.25) is 9.89 Å². The molecule has 1 amide bonds. The minimum Gasteiger partial charge on any atom is -0.307 e. The second kappa shape index (κ2) is 5.15. The van der Waals surface area contributed by atoms with E-state index >= 15 is 0 Å². The number of hydrogen-bond donors (Lipinski definition) is 2. The summed E-state index contributed by atoms with van der Waals surface area (Å²) in [6.45, 7) is 1.99. The summed E-state index contributed by atoms with van der Waals surface area (Å²) in [5.41, 5.74) is 1.99. The van der Waals surface area contributed by atoms with E-state index in [0.717, 1.165) is 12.0 Å². The van der Waals surface area contributed by atoms with E-state index in [1.165, 1.54) is 0 Å². The summed E-state index contributed by atoms with van der Waals surface area (Å²) in [7, 11) is 0. The van der Waals surface area contributed by atoms with Gasteiger partial charge in [0.1, 0.15) is 5.82 Å². The standard InChI is InChI=1S/C13H12N4O/c1-2-10-8-15-17-12(10)16-13(18)11-5-3-9(7-14)4-6-11/h3-6,8H,2H2,1H3,(H2,15,16,17,18). The normalized spacial score (nSPS) is 9.78. The molecule has 0 radical (unpaired) electrons. The fraction of sp³-hybridized carbons (Fsp3) is 0.154. The van der Waals surface area contributed by atoms with E-state index < -0.39 is 0 Å². The Morgan fingerprint density at radius 1 is 1.44 bits per heavy atom. The second-order valence-corrected chi connectivity index (χ2v) is 3.77. The van der Waals surface area contributed by atoms with Gasteiger partial charge >= 0.3 is 0 Å².